The van der Waals surface area contributed by atoms with Gasteiger partial charge in [0.05, 0.1) is 9.92 Å². The van der Waals surface area contributed by atoms with Crippen molar-refractivity contribution in [1.82, 2.24) is 4.90 Å². The van der Waals surface area contributed by atoms with Crippen LogP contribution in [0.3, 0.4) is 0 Å². The Labute approximate surface area is 159 Å². The second-order valence-electron chi connectivity index (χ2n) is 5.90. The molecule has 0 heterocycles. The molecule has 4 nitrogen and oxygen atoms in total. The molecule has 0 spiro atoms. The minimum absolute atomic E-state index is 0.141. The van der Waals surface area contributed by atoms with Crippen molar-refractivity contribution in [2.45, 2.75) is 29.2 Å². The van der Waals surface area contributed by atoms with E-state index in [0.717, 1.165) is 34.2 Å². The molecule has 0 radical (unpaired) electrons. The van der Waals surface area contributed by atoms with Gasteiger partial charge in [0.1, 0.15) is 0 Å². The predicted molar refractivity (Wildman–Crippen MR) is 106 cm³/mol. The third kappa shape index (κ3) is 6.01. The van der Waals surface area contributed by atoms with Gasteiger partial charge in [-0.15, -0.1) is 11.8 Å². The van der Waals surface area contributed by atoms with Gasteiger partial charge in [0.25, 0.3) is 0 Å². The number of halogens is 1. The maximum atomic E-state index is 11.3. The highest BCUT2D eigenvalue weighted by molar-refractivity contribution is 7.99. The average Bonchev–Trinajstić information content (AvgIpc) is 2.58. The van der Waals surface area contributed by atoms with Crippen LogP contribution in [0.15, 0.2) is 58.3 Å². The molecule has 0 amide bonds. The highest BCUT2D eigenvalue weighted by Crippen LogP contribution is 2.27. The summed E-state index contributed by atoms with van der Waals surface area (Å²) < 4.78 is 22.6. The first-order valence-electron chi connectivity index (χ1n) is 7.99. The van der Waals surface area contributed by atoms with Crippen molar-refractivity contribution >= 4 is 33.4 Å². The summed E-state index contributed by atoms with van der Waals surface area (Å²) in [4.78, 5) is 3.50. The van der Waals surface area contributed by atoms with Crippen LogP contribution in [-0.2, 0) is 10.0 Å². The summed E-state index contributed by atoms with van der Waals surface area (Å²) in [5.41, 5.74) is 1.06. The molecule has 2 aromatic carbocycles. The fourth-order valence-electron chi connectivity index (χ4n) is 2.44. The van der Waals surface area contributed by atoms with Crippen LogP contribution in [0.4, 0.5) is 0 Å². The molecule has 0 aliphatic heterocycles. The smallest absolute Gasteiger partial charge is 0.238 e. The van der Waals surface area contributed by atoms with Crippen molar-refractivity contribution in [3.05, 3.63) is 59.1 Å². The Bertz CT molecular complexity index is 795. The Balaban J connectivity index is 1.84. The van der Waals surface area contributed by atoms with Gasteiger partial charge in [-0.3, -0.25) is 4.90 Å². The summed E-state index contributed by atoms with van der Waals surface area (Å²) in [6, 6.07) is 14.8. The van der Waals surface area contributed by atoms with E-state index in [0.29, 0.717) is 0 Å². The van der Waals surface area contributed by atoms with Gasteiger partial charge in [0, 0.05) is 10.9 Å². The molecule has 0 aromatic heterocycles. The molecule has 2 rings (SSSR count). The third-order valence-electron chi connectivity index (χ3n) is 4.10. The molecule has 2 aromatic rings. The van der Waals surface area contributed by atoms with E-state index in [1.165, 1.54) is 0 Å². The Hall–Kier alpha value is -1.05. The summed E-state index contributed by atoms with van der Waals surface area (Å²) >= 11 is 7.92. The lowest BCUT2D eigenvalue weighted by molar-refractivity contribution is 0.263. The molecule has 0 saturated carbocycles. The highest BCUT2D eigenvalue weighted by atomic mass is 35.5. The Morgan fingerprint density at radius 1 is 1.16 bits per heavy atom. The summed E-state index contributed by atoms with van der Waals surface area (Å²) in [5.74, 6) is 0.991. The molecule has 2 N–H and O–H groups in total. The fourth-order valence-corrected chi connectivity index (χ4v) is 4.13. The van der Waals surface area contributed by atoms with Gasteiger partial charge >= 0.3 is 0 Å². The zero-order valence-electron chi connectivity index (χ0n) is 14.4. The minimum Gasteiger partial charge on any atom is -0.300 e. The van der Waals surface area contributed by atoms with Gasteiger partial charge in [-0.25, -0.2) is 13.6 Å². The number of hydrogen-bond acceptors (Lipinski definition) is 4. The van der Waals surface area contributed by atoms with Crippen molar-refractivity contribution < 1.29 is 8.42 Å². The predicted octanol–water partition coefficient (Wildman–Crippen LogP) is 4.16. The van der Waals surface area contributed by atoms with Gasteiger partial charge < -0.3 is 0 Å². The Kier molecular flexibility index (Phi) is 7.34. The first-order valence-corrected chi connectivity index (χ1v) is 10.9. The van der Waals surface area contributed by atoms with Crippen LogP contribution in [0.1, 0.15) is 24.9 Å². The van der Waals surface area contributed by atoms with Gasteiger partial charge in [-0.1, -0.05) is 35.9 Å². The van der Waals surface area contributed by atoms with Crippen LogP contribution in [0, 0.1) is 0 Å². The lowest BCUT2D eigenvalue weighted by Crippen LogP contribution is -2.24. The number of thioether (sulfide) groups is 1. The van der Waals surface area contributed by atoms with Crippen LogP contribution in [0.25, 0.3) is 0 Å². The van der Waals surface area contributed by atoms with Crippen molar-refractivity contribution in [3.8, 4) is 0 Å². The number of sulfonamides is 1. The topological polar surface area (TPSA) is 63.4 Å². The SMILES string of the molecule is C[C@H](c1ccc(S(N)(=O)=O)cc1)N(C)CCCSc1ccccc1Cl. The summed E-state index contributed by atoms with van der Waals surface area (Å²) in [6.07, 6.45) is 1.03. The molecule has 0 unspecified atom stereocenters. The maximum Gasteiger partial charge on any atom is 0.238 e. The van der Waals surface area contributed by atoms with E-state index >= 15 is 0 Å². The van der Waals surface area contributed by atoms with Crippen LogP contribution >= 0.6 is 23.4 Å². The highest BCUT2D eigenvalue weighted by Gasteiger charge is 2.13. The standard InChI is InChI=1S/C18H23ClN2O2S2/c1-14(15-8-10-16(11-9-15)25(20,22)23)21(2)12-5-13-24-18-7-4-3-6-17(18)19/h3-4,6-11,14H,5,12-13H2,1-2H3,(H2,20,22,23)/t14-/m1/s1. The Morgan fingerprint density at radius 2 is 1.80 bits per heavy atom. The first-order chi connectivity index (χ1) is 11.8. The van der Waals surface area contributed by atoms with E-state index in [1.54, 1.807) is 23.9 Å². The average molecular weight is 399 g/mol. The van der Waals surface area contributed by atoms with E-state index in [-0.39, 0.29) is 10.9 Å². The van der Waals surface area contributed by atoms with Crippen molar-refractivity contribution in [2.24, 2.45) is 5.14 Å². The molecular weight excluding hydrogens is 376 g/mol. The van der Waals surface area contributed by atoms with Crippen molar-refractivity contribution in [1.29, 1.82) is 0 Å². The number of hydrogen-bond donors (Lipinski definition) is 1. The van der Waals surface area contributed by atoms with Crippen LogP contribution in [-0.4, -0.2) is 32.7 Å². The second kappa shape index (κ2) is 9.05. The van der Waals surface area contributed by atoms with E-state index in [1.807, 2.05) is 36.4 Å². The quantitative estimate of drug-likeness (QED) is 0.535. The molecule has 25 heavy (non-hydrogen) atoms. The van der Waals surface area contributed by atoms with Gasteiger partial charge in [-0.2, -0.15) is 0 Å². The normalized spacial score (nSPS) is 13.2. The van der Waals surface area contributed by atoms with Crippen LogP contribution < -0.4 is 5.14 Å². The molecule has 136 valence electrons. The summed E-state index contributed by atoms with van der Waals surface area (Å²) in [6.45, 7) is 3.04. The third-order valence-corrected chi connectivity index (χ3v) is 6.63. The lowest BCUT2D eigenvalue weighted by atomic mass is 10.1. The molecular formula is C18H23ClN2O2S2. The first kappa shape index (κ1) is 20.3. The zero-order valence-corrected chi connectivity index (χ0v) is 16.7. The molecule has 7 heteroatoms. The fraction of sp³-hybridized carbons (Fsp3) is 0.333. The Morgan fingerprint density at radius 3 is 2.40 bits per heavy atom. The molecule has 0 saturated heterocycles. The number of primary sulfonamides is 1. The largest absolute Gasteiger partial charge is 0.300 e. The molecule has 0 aliphatic rings. The number of nitrogens with two attached hydrogens (primary N) is 1. The second-order valence-corrected chi connectivity index (χ2v) is 9.01. The van der Waals surface area contributed by atoms with E-state index in [9.17, 15) is 8.42 Å². The van der Waals surface area contributed by atoms with E-state index < -0.39 is 10.0 Å². The lowest BCUT2D eigenvalue weighted by Gasteiger charge is -2.25. The maximum absolute atomic E-state index is 11.3. The summed E-state index contributed by atoms with van der Waals surface area (Å²) in [5, 5.41) is 5.93. The molecule has 0 fully saturated rings. The number of benzene rings is 2. The zero-order chi connectivity index (χ0) is 18.4. The monoisotopic (exact) mass is 398 g/mol. The van der Waals surface area contributed by atoms with E-state index in [4.69, 9.17) is 16.7 Å². The van der Waals surface area contributed by atoms with E-state index in [2.05, 4.69) is 18.9 Å². The van der Waals surface area contributed by atoms with Crippen LogP contribution in [0.2, 0.25) is 5.02 Å². The van der Waals surface area contributed by atoms with Gasteiger partial charge in [0.15, 0.2) is 0 Å². The molecule has 0 bridgehead atoms. The van der Waals surface area contributed by atoms with Crippen molar-refractivity contribution in [2.75, 3.05) is 19.3 Å². The van der Waals surface area contributed by atoms with Gasteiger partial charge in [0.2, 0.25) is 10.0 Å². The van der Waals surface area contributed by atoms with Crippen molar-refractivity contribution in [3.63, 3.8) is 0 Å². The minimum atomic E-state index is -3.64. The van der Waals surface area contributed by atoms with Gasteiger partial charge in [-0.05, 0) is 62.5 Å². The molecule has 0 aliphatic carbocycles. The summed E-state index contributed by atoms with van der Waals surface area (Å²) in [7, 11) is -1.57. The number of rotatable bonds is 8. The van der Waals surface area contributed by atoms with Crippen LogP contribution in [0.5, 0.6) is 0 Å². The number of nitrogens with zero attached hydrogens (tertiary/aromatic N) is 1. The molecule has 1 atom stereocenters.